The maximum atomic E-state index is 13.7. The van der Waals surface area contributed by atoms with Gasteiger partial charge < -0.3 is 4.90 Å². The number of amides is 3. The Morgan fingerprint density at radius 1 is 1.30 bits per heavy atom. The first-order valence-electron chi connectivity index (χ1n) is 5.91. The first-order valence-corrected chi connectivity index (χ1v) is 5.91. The van der Waals surface area contributed by atoms with Gasteiger partial charge in [-0.2, -0.15) is 0 Å². The summed E-state index contributed by atoms with van der Waals surface area (Å²) in [6.07, 6.45) is 0. The largest absolute Gasteiger partial charge is 0.317 e. The first-order chi connectivity index (χ1) is 9.31. The lowest BCUT2D eigenvalue weighted by Gasteiger charge is -2.31. The summed E-state index contributed by atoms with van der Waals surface area (Å²) in [4.78, 5) is 35.9. The Labute approximate surface area is 113 Å². The van der Waals surface area contributed by atoms with E-state index in [9.17, 15) is 23.2 Å². The highest BCUT2D eigenvalue weighted by atomic mass is 19.1. The number of piperazine rings is 1. The lowest BCUT2D eigenvalue weighted by molar-refractivity contribution is -0.138. The van der Waals surface area contributed by atoms with Crippen molar-refractivity contribution in [2.75, 3.05) is 6.54 Å². The Balaban J connectivity index is 2.38. The predicted molar refractivity (Wildman–Crippen MR) is 64.7 cm³/mol. The molecule has 1 heterocycles. The van der Waals surface area contributed by atoms with Crippen LogP contribution in [0.25, 0.3) is 0 Å². The Morgan fingerprint density at radius 3 is 2.60 bits per heavy atom. The molecule has 0 bridgehead atoms. The number of aryl methyl sites for hydroxylation is 1. The lowest BCUT2D eigenvalue weighted by Crippen LogP contribution is -2.58. The maximum absolute atomic E-state index is 13.7. The van der Waals surface area contributed by atoms with Gasteiger partial charge in [0.25, 0.3) is 5.91 Å². The van der Waals surface area contributed by atoms with Gasteiger partial charge in [-0.1, -0.05) is 0 Å². The highest BCUT2D eigenvalue weighted by Crippen LogP contribution is 2.18. The average molecular weight is 282 g/mol. The topological polar surface area (TPSA) is 66.5 Å². The molecule has 5 nitrogen and oxygen atoms in total. The van der Waals surface area contributed by atoms with Crippen LogP contribution in [0.3, 0.4) is 0 Å². The van der Waals surface area contributed by atoms with Gasteiger partial charge in [-0.3, -0.25) is 19.7 Å². The van der Waals surface area contributed by atoms with Crippen LogP contribution in [-0.2, 0) is 9.59 Å². The minimum Gasteiger partial charge on any atom is -0.317 e. The molecule has 1 atom stereocenters. The van der Waals surface area contributed by atoms with Gasteiger partial charge in [0.05, 0.1) is 5.56 Å². The van der Waals surface area contributed by atoms with Crippen LogP contribution in [0.5, 0.6) is 0 Å². The first kappa shape index (κ1) is 14.1. The van der Waals surface area contributed by atoms with Crippen LogP contribution in [-0.4, -0.2) is 35.2 Å². The Morgan fingerprint density at radius 2 is 1.95 bits per heavy atom. The van der Waals surface area contributed by atoms with Crippen molar-refractivity contribution >= 4 is 17.7 Å². The van der Waals surface area contributed by atoms with Crippen molar-refractivity contribution in [3.63, 3.8) is 0 Å². The van der Waals surface area contributed by atoms with Gasteiger partial charge in [0.2, 0.25) is 11.8 Å². The van der Waals surface area contributed by atoms with Crippen molar-refractivity contribution in [3.8, 4) is 0 Å². The third-order valence-electron chi connectivity index (χ3n) is 3.16. The van der Waals surface area contributed by atoms with Crippen LogP contribution >= 0.6 is 0 Å². The molecule has 7 heteroatoms. The van der Waals surface area contributed by atoms with Crippen LogP contribution in [0.4, 0.5) is 8.78 Å². The highest BCUT2D eigenvalue weighted by Gasteiger charge is 2.35. The van der Waals surface area contributed by atoms with E-state index >= 15 is 0 Å². The molecule has 1 fully saturated rings. The van der Waals surface area contributed by atoms with Gasteiger partial charge in [0, 0.05) is 6.07 Å². The summed E-state index contributed by atoms with van der Waals surface area (Å²) >= 11 is 0. The van der Waals surface area contributed by atoms with Crippen LogP contribution < -0.4 is 5.32 Å². The van der Waals surface area contributed by atoms with E-state index in [0.717, 1.165) is 11.0 Å². The van der Waals surface area contributed by atoms with Crippen LogP contribution in [0.1, 0.15) is 22.8 Å². The number of hydrogen-bond acceptors (Lipinski definition) is 3. The molecule has 1 aliphatic rings. The number of imide groups is 1. The normalized spacial score (nSPS) is 19.0. The average Bonchev–Trinajstić information content (AvgIpc) is 2.37. The SMILES string of the molecule is Cc1cc(C(=O)N2CC(=O)NC(=O)C2C)c(F)cc1F. The third kappa shape index (κ3) is 2.38. The second-order valence-corrected chi connectivity index (χ2v) is 4.60. The van der Waals surface area contributed by atoms with E-state index in [1.165, 1.54) is 13.8 Å². The zero-order valence-electron chi connectivity index (χ0n) is 10.9. The van der Waals surface area contributed by atoms with E-state index in [4.69, 9.17) is 0 Å². The number of rotatable bonds is 1. The maximum Gasteiger partial charge on any atom is 0.257 e. The van der Waals surface area contributed by atoms with Crippen molar-refractivity contribution in [2.24, 2.45) is 0 Å². The van der Waals surface area contributed by atoms with Crippen molar-refractivity contribution in [1.82, 2.24) is 10.2 Å². The number of benzene rings is 1. The summed E-state index contributed by atoms with van der Waals surface area (Å²) in [6, 6.07) is 0.778. The second-order valence-electron chi connectivity index (χ2n) is 4.60. The van der Waals surface area contributed by atoms with E-state index in [1.54, 1.807) is 0 Å². The summed E-state index contributed by atoms with van der Waals surface area (Å²) in [7, 11) is 0. The monoisotopic (exact) mass is 282 g/mol. The molecule has 1 aromatic rings. The van der Waals surface area contributed by atoms with Crippen molar-refractivity contribution in [2.45, 2.75) is 19.9 Å². The molecule has 0 spiro atoms. The van der Waals surface area contributed by atoms with Crippen LogP contribution in [0.2, 0.25) is 0 Å². The van der Waals surface area contributed by atoms with Crippen LogP contribution in [0, 0.1) is 18.6 Å². The zero-order chi connectivity index (χ0) is 15.0. The lowest BCUT2D eigenvalue weighted by atomic mass is 10.1. The van der Waals surface area contributed by atoms with E-state index < -0.39 is 35.4 Å². The van der Waals surface area contributed by atoms with E-state index in [-0.39, 0.29) is 17.7 Å². The predicted octanol–water partition coefficient (Wildman–Crippen LogP) is 0.760. The molecule has 1 aliphatic heterocycles. The number of hydrogen-bond donors (Lipinski definition) is 1. The standard InChI is InChI=1S/C13H12F2N2O3/c1-6-3-8(10(15)4-9(6)14)13(20)17-5-11(18)16-12(19)7(17)2/h3-4,7H,5H2,1-2H3,(H,16,18,19). The molecule has 0 aromatic heterocycles. The summed E-state index contributed by atoms with van der Waals surface area (Å²) in [6.45, 7) is 2.47. The molecule has 0 aliphatic carbocycles. The van der Waals surface area contributed by atoms with Crippen molar-refractivity contribution in [3.05, 3.63) is 34.9 Å². The fourth-order valence-electron chi connectivity index (χ4n) is 1.94. The molecular formula is C13H12F2N2O3. The molecule has 106 valence electrons. The van der Waals surface area contributed by atoms with E-state index in [0.29, 0.717) is 6.07 Å². The molecule has 2 rings (SSSR count). The number of carbonyl (C=O) groups is 3. The minimum atomic E-state index is -1.02. The quantitative estimate of drug-likeness (QED) is 0.773. The molecule has 0 radical (unpaired) electrons. The smallest absolute Gasteiger partial charge is 0.257 e. The molecule has 1 saturated heterocycles. The number of nitrogens with zero attached hydrogens (tertiary/aromatic N) is 1. The fraction of sp³-hybridized carbons (Fsp3) is 0.308. The molecule has 0 saturated carbocycles. The summed E-state index contributed by atoms with van der Waals surface area (Å²) < 4.78 is 26.9. The van der Waals surface area contributed by atoms with E-state index in [2.05, 4.69) is 5.32 Å². The number of carbonyl (C=O) groups excluding carboxylic acids is 3. The number of nitrogens with one attached hydrogen (secondary N) is 1. The minimum absolute atomic E-state index is 0.107. The van der Waals surface area contributed by atoms with Gasteiger partial charge in [-0.25, -0.2) is 8.78 Å². The van der Waals surface area contributed by atoms with Gasteiger partial charge in [-0.05, 0) is 25.5 Å². The third-order valence-corrected chi connectivity index (χ3v) is 3.16. The second kappa shape index (κ2) is 4.99. The highest BCUT2D eigenvalue weighted by molar-refractivity contribution is 6.07. The van der Waals surface area contributed by atoms with Crippen molar-refractivity contribution < 1.29 is 23.2 Å². The van der Waals surface area contributed by atoms with E-state index in [1.807, 2.05) is 0 Å². The summed E-state index contributed by atoms with van der Waals surface area (Å²) in [5, 5.41) is 2.07. The fourth-order valence-corrected chi connectivity index (χ4v) is 1.94. The molecule has 1 unspecified atom stereocenters. The zero-order valence-corrected chi connectivity index (χ0v) is 10.9. The van der Waals surface area contributed by atoms with Crippen LogP contribution in [0.15, 0.2) is 12.1 Å². The van der Waals surface area contributed by atoms with Gasteiger partial charge in [0.1, 0.15) is 24.2 Å². The van der Waals surface area contributed by atoms with Gasteiger partial charge in [0.15, 0.2) is 0 Å². The Kier molecular flexibility index (Phi) is 3.52. The molecule has 20 heavy (non-hydrogen) atoms. The Bertz CT molecular complexity index is 616. The molecule has 3 amide bonds. The summed E-state index contributed by atoms with van der Waals surface area (Å²) in [5.41, 5.74) is -0.256. The van der Waals surface area contributed by atoms with Gasteiger partial charge in [-0.15, -0.1) is 0 Å². The number of halogens is 2. The molecule has 1 N–H and O–H groups in total. The van der Waals surface area contributed by atoms with Crippen molar-refractivity contribution in [1.29, 1.82) is 0 Å². The molecule has 1 aromatic carbocycles. The Hall–Kier alpha value is -2.31. The summed E-state index contributed by atoms with van der Waals surface area (Å²) in [5.74, 6) is -3.88. The van der Waals surface area contributed by atoms with Gasteiger partial charge >= 0.3 is 0 Å². The molecular weight excluding hydrogens is 270 g/mol.